The van der Waals surface area contributed by atoms with Crippen molar-refractivity contribution < 1.29 is 22.9 Å². The fraction of sp³-hybridized carbons (Fsp3) is 0.125. The zero-order chi connectivity index (χ0) is 13.4. The molecule has 1 aromatic carbocycles. The van der Waals surface area contributed by atoms with Crippen LogP contribution in [0.2, 0.25) is 10.0 Å². The van der Waals surface area contributed by atoms with Crippen LogP contribution in [0.5, 0.6) is 0 Å². The molecule has 1 unspecified atom stereocenters. The summed E-state index contributed by atoms with van der Waals surface area (Å²) in [5, 5.41) is 7.00. The van der Waals surface area contributed by atoms with E-state index in [1.807, 2.05) is 0 Å². The molecule has 5 nitrogen and oxygen atoms in total. The Balaban J connectivity index is 3.43. The lowest BCUT2D eigenvalue weighted by Crippen LogP contribution is -2.07. The average molecular weight is 317 g/mol. The van der Waals surface area contributed by atoms with Gasteiger partial charge in [0.05, 0.1) is 5.02 Å². The van der Waals surface area contributed by atoms with Crippen LogP contribution < -0.4 is 0 Å². The number of thiol groups is 1. The Kier molecular flexibility index (Phi) is 4.32. The fourth-order valence-electron chi connectivity index (χ4n) is 1.08. The van der Waals surface area contributed by atoms with E-state index in [1.165, 1.54) is 0 Å². The standard InChI is InChI=1S/C8H6Cl2O5S2/c9-4-2-6(17(13,14)15)5(10)1-3(4)7(16)8(11)12/h1-2,7,16H,(H,11,12)(H,13,14,15). The molecule has 0 heterocycles. The first-order valence-electron chi connectivity index (χ1n) is 4.02. The van der Waals surface area contributed by atoms with Crippen LogP contribution in [-0.4, -0.2) is 24.0 Å². The Morgan fingerprint density at radius 3 is 2.24 bits per heavy atom. The van der Waals surface area contributed by atoms with E-state index in [-0.39, 0.29) is 15.6 Å². The minimum Gasteiger partial charge on any atom is -0.480 e. The Hall–Kier alpha value is -0.470. The van der Waals surface area contributed by atoms with Crippen LogP contribution in [-0.2, 0) is 14.9 Å². The molecule has 0 aliphatic carbocycles. The van der Waals surface area contributed by atoms with Crippen LogP contribution in [0.4, 0.5) is 0 Å². The van der Waals surface area contributed by atoms with Gasteiger partial charge in [-0.2, -0.15) is 21.0 Å². The summed E-state index contributed by atoms with van der Waals surface area (Å²) in [6.07, 6.45) is 0. The van der Waals surface area contributed by atoms with Crippen molar-refractivity contribution in [2.75, 3.05) is 0 Å². The second-order valence-corrected chi connectivity index (χ2v) is 5.74. The number of carbonyl (C=O) groups is 1. The van der Waals surface area contributed by atoms with Gasteiger partial charge in [0.25, 0.3) is 10.1 Å². The molecule has 0 saturated heterocycles. The zero-order valence-corrected chi connectivity index (χ0v) is 11.2. The molecule has 9 heteroatoms. The summed E-state index contributed by atoms with van der Waals surface area (Å²) < 4.78 is 30.6. The fourth-order valence-corrected chi connectivity index (χ4v) is 2.75. The van der Waals surface area contributed by atoms with Crippen LogP contribution >= 0.6 is 35.8 Å². The highest BCUT2D eigenvalue weighted by Gasteiger charge is 2.23. The van der Waals surface area contributed by atoms with Crippen molar-refractivity contribution in [3.8, 4) is 0 Å². The Bertz CT molecular complexity index is 570. The Morgan fingerprint density at radius 1 is 1.29 bits per heavy atom. The van der Waals surface area contributed by atoms with E-state index in [0.29, 0.717) is 0 Å². The summed E-state index contributed by atoms with van der Waals surface area (Å²) >= 11 is 15.1. The number of benzene rings is 1. The summed E-state index contributed by atoms with van der Waals surface area (Å²) in [4.78, 5) is 10.1. The van der Waals surface area contributed by atoms with Gasteiger partial charge in [0, 0.05) is 5.02 Å². The van der Waals surface area contributed by atoms with E-state index in [0.717, 1.165) is 12.1 Å². The van der Waals surface area contributed by atoms with Gasteiger partial charge in [0.2, 0.25) is 0 Å². The van der Waals surface area contributed by atoms with Gasteiger partial charge in [0.15, 0.2) is 0 Å². The second-order valence-electron chi connectivity index (χ2n) is 3.02. The lowest BCUT2D eigenvalue weighted by Gasteiger charge is -2.10. The minimum absolute atomic E-state index is 0.0416. The van der Waals surface area contributed by atoms with Gasteiger partial charge in [-0.1, -0.05) is 23.2 Å². The number of carboxylic acid groups (broad SMARTS) is 1. The quantitative estimate of drug-likeness (QED) is 0.588. The number of hydrogen-bond donors (Lipinski definition) is 3. The first-order valence-corrected chi connectivity index (χ1v) is 6.73. The van der Waals surface area contributed by atoms with Crippen LogP contribution in [0.15, 0.2) is 17.0 Å². The summed E-state index contributed by atoms with van der Waals surface area (Å²) in [6.45, 7) is 0. The lowest BCUT2D eigenvalue weighted by atomic mass is 10.1. The summed E-state index contributed by atoms with van der Waals surface area (Å²) in [6, 6.07) is 1.92. The molecule has 0 radical (unpaired) electrons. The predicted octanol–water partition coefficient (Wildman–Crippen LogP) is 2.30. The van der Waals surface area contributed by atoms with E-state index >= 15 is 0 Å². The van der Waals surface area contributed by atoms with Gasteiger partial charge in [-0.3, -0.25) is 9.35 Å². The molecule has 2 N–H and O–H groups in total. The summed E-state index contributed by atoms with van der Waals surface area (Å²) in [5.74, 6) is -1.26. The van der Waals surface area contributed by atoms with E-state index in [1.54, 1.807) is 0 Å². The minimum atomic E-state index is -4.51. The topological polar surface area (TPSA) is 91.7 Å². The molecule has 0 aliphatic heterocycles. The van der Waals surface area contributed by atoms with Gasteiger partial charge in [-0.25, -0.2) is 0 Å². The molecule has 0 fully saturated rings. The van der Waals surface area contributed by atoms with Gasteiger partial charge in [0.1, 0.15) is 10.1 Å². The van der Waals surface area contributed by atoms with Crippen molar-refractivity contribution in [1.82, 2.24) is 0 Å². The highest BCUT2D eigenvalue weighted by atomic mass is 35.5. The SMILES string of the molecule is O=C(O)C(S)c1cc(Cl)c(S(=O)(=O)O)cc1Cl. The third kappa shape index (κ3) is 3.26. The van der Waals surface area contributed by atoms with Crippen molar-refractivity contribution in [3.05, 3.63) is 27.7 Å². The summed E-state index contributed by atoms with van der Waals surface area (Å²) in [5.41, 5.74) is 0.0416. The van der Waals surface area contributed by atoms with Gasteiger partial charge < -0.3 is 5.11 Å². The predicted molar refractivity (Wildman–Crippen MR) is 65.6 cm³/mol. The van der Waals surface area contributed by atoms with Gasteiger partial charge >= 0.3 is 5.97 Å². The Labute approximate surface area is 113 Å². The molecule has 94 valence electrons. The molecule has 0 spiro atoms. The molecular formula is C8H6Cl2O5S2. The molecule has 0 aromatic heterocycles. The smallest absolute Gasteiger partial charge is 0.320 e. The van der Waals surface area contributed by atoms with Crippen LogP contribution in [0, 0.1) is 0 Å². The maximum Gasteiger partial charge on any atom is 0.320 e. The largest absolute Gasteiger partial charge is 0.480 e. The van der Waals surface area contributed by atoms with E-state index in [2.05, 4.69) is 12.6 Å². The maximum atomic E-state index is 10.9. The molecule has 1 atom stereocenters. The third-order valence-electron chi connectivity index (χ3n) is 1.86. The van der Waals surface area contributed by atoms with E-state index in [4.69, 9.17) is 32.9 Å². The van der Waals surface area contributed by atoms with Crippen molar-refractivity contribution in [2.24, 2.45) is 0 Å². The Morgan fingerprint density at radius 2 is 1.82 bits per heavy atom. The number of hydrogen-bond acceptors (Lipinski definition) is 4. The van der Waals surface area contributed by atoms with Gasteiger partial charge in [-0.15, -0.1) is 0 Å². The molecule has 1 aromatic rings. The average Bonchev–Trinajstić information content (AvgIpc) is 2.18. The normalized spacial score (nSPS) is 13.4. The maximum absolute atomic E-state index is 10.9. The van der Waals surface area contributed by atoms with Crippen molar-refractivity contribution in [3.63, 3.8) is 0 Å². The van der Waals surface area contributed by atoms with Crippen molar-refractivity contribution in [2.45, 2.75) is 10.1 Å². The molecule has 17 heavy (non-hydrogen) atoms. The molecule has 0 bridgehead atoms. The lowest BCUT2D eigenvalue weighted by molar-refractivity contribution is -0.136. The van der Waals surface area contributed by atoms with Crippen LogP contribution in [0.1, 0.15) is 10.8 Å². The molecule has 0 aliphatic rings. The number of aliphatic carboxylic acids is 1. The zero-order valence-electron chi connectivity index (χ0n) is 7.96. The highest BCUT2D eigenvalue weighted by Crippen LogP contribution is 2.34. The highest BCUT2D eigenvalue weighted by molar-refractivity contribution is 7.86. The van der Waals surface area contributed by atoms with Crippen molar-refractivity contribution >= 4 is 51.9 Å². The monoisotopic (exact) mass is 316 g/mol. The number of rotatable bonds is 3. The van der Waals surface area contributed by atoms with Crippen LogP contribution in [0.3, 0.4) is 0 Å². The summed E-state index contributed by atoms with van der Waals surface area (Å²) in [7, 11) is -4.51. The van der Waals surface area contributed by atoms with E-state index in [9.17, 15) is 13.2 Å². The number of halogens is 2. The first kappa shape index (κ1) is 14.6. The van der Waals surface area contributed by atoms with Crippen molar-refractivity contribution in [1.29, 1.82) is 0 Å². The van der Waals surface area contributed by atoms with E-state index < -0.39 is 26.2 Å². The molecule has 1 rings (SSSR count). The molecule has 0 amide bonds. The first-order chi connectivity index (χ1) is 7.64. The van der Waals surface area contributed by atoms with Crippen LogP contribution in [0.25, 0.3) is 0 Å². The molecular weight excluding hydrogens is 311 g/mol. The third-order valence-corrected chi connectivity index (χ3v) is 4.00. The molecule has 0 saturated carbocycles. The second kappa shape index (κ2) is 5.03. The number of carboxylic acids is 1. The van der Waals surface area contributed by atoms with Gasteiger partial charge in [-0.05, 0) is 17.7 Å².